The van der Waals surface area contributed by atoms with Crippen LogP contribution in [0, 0.1) is 0 Å². The van der Waals surface area contributed by atoms with E-state index in [0.717, 1.165) is 0 Å². The number of nitrogens with one attached hydrogen (secondary N) is 2. The average Bonchev–Trinajstić information content (AvgIpc) is 2.80. The summed E-state index contributed by atoms with van der Waals surface area (Å²) < 4.78 is 34.9. The molecule has 3 N–H and O–H groups in total. The van der Waals surface area contributed by atoms with Crippen molar-refractivity contribution in [2.75, 3.05) is 18.1 Å². The molecule has 0 radical (unpaired) electrons. The van der Waals surface area contributed by atoms with Crippen LogP contribution in [-0.4, -0.2) is 43.3 Å². The van der Waals surface area contributed by atoms with Crippen molar-refractivity contribution in [1.29, 1.82) is 0 Å². The molecule has 11 heteroatoms. The summed E-state index contributed by atoms with van der Waals surface area (Å²) in [5.41, 5.74) is 0.164. The molecule has 0 aliphatic carbocycles. The number of anilines is 1. The first-order valence-corrected chi connectivity index (χ1v) is 11.4. The van der Waals surface area contributed by atoms with Crippen LogP contribution in [0.25, 0.3) is 0 Å². The Morgan fingerprint density at radius 3 is 2.55 bits per heavy atom. The van der Waals surface area contributed by atoms with Crippen LogP contribution in [-0.2, 0) is 9.84 Å². The summed E-state index contributed by atoms with van der Waals surface area (Å²) in [5.74, 6) is -0.317. The fourth-order valence-corrected chi connectivity index (χ4v) is 3.57. The first kappa shape index (κ1) is 23.5. The number of carbonyl (C=O) groups is 2. The largest absolute Gasteiger partial charge is 0.506 e. The second-order valence-corrected chi connectivity index (χ2v) is 8.91. The van der Waals surface area contributed by atoms with Crippen LogP contribution in [0.5, 0.6) is 23.1 Å². The number of phenolic OH excluding ortho intramolecular Hbond substituents is 1. The van der Waals surface area contributed by atoms with E-state index in [0.29, 0.717) is 11.5 Å². The molecule has 0 spiro atoms. The molecule has 0 saturated heterocycles. The summed E-state index contributed by atoms with van der Waals surface area (Å²) in [6.45, 7) is 1.50. The highest BCUT2D eigenvalue weighted by atomic mass is 32.2. The standard InChI is InChI=1S/C22H21N3O7S/c1-3-33(29,30)17-7-8-19(26)18(13-17)25-21(27)14-5-4-6-15(11-14)31-16-9-10-24-20(12-16)32-22(28)23-2/h4-13,26H,3H2,1-2H3,(H,23,28)(H,25,27). The van der Waals surface area contributed by atoms with Crippen molar-refractivity contribution in [2.24, 2.45) is 0 Å². The normalized spacial score (nSPS) is 10.8. The van der Waals surface area contributed by atoms with E-state index < -0.39 is 21.8 Å². The fourth-order valence-electron chi connectivity index (χ4n) is 2.66. The van der Waals surface area contributed by atoms with Gasteiger partial charge in [0.1, 0.15) is 17.2 Å². The Hall–Kier alpha value is -4.12. The molecule has 0 aliphatic heterocycles. The van der Waals surface area contributed by atoms with E-state index in [1.807, 2.05) is 0 Å². The molecule has 10 nitrogen and oxygen atoms in total. The summed E-state index contributed by atoms with van der Waals surface area (Å²) in [5, 5.41) is 14.9. The van der Waals surface area contributed by atoms with Crippen LogP contribution >= 0.6 is 0 Å². The second kappa shape index (κ2) is 10.0. The number of rotatable bonds is 7. The monoisotopic (exact) mass is 471 g/mol. The van der Waals surface area contributed by atoms with Crippen molar-refractivity contribution >= 4 is 27.5 Å². The van der Waals surface area contributed by atoms with Crippen molar-refractivity contribution < 1.29 is 32.6 Å². The number of sulfone groups is 1. The summed E-state index contributed by atoms with van der Waals surface area (Å²) in [6, 6.07) is 12.8. The zero-order valence-corrected chi connectivity index (χ0v) is 18.5. The third-order valence-electron chi connectivity index (χ3n) is 4.40. The Morgan fingerprint density at radius 2 is 1.82 bits per heavy atom. The Balaban J connectivity index is 1.78. The van der Waals surface area contributed by atoms with Crippen LogP contribution < -0.4 is 20.1 Å². The topological polar surface area (TPSA) is 144 Å². The molecular weight excluding hydrogens is 450 g/mol. The van der Waals surface area contributed by atoms with E-state index in [4.69, 9.17) is 9.47 Å². The lowest BCUT2D eigenvalue weighted by atomic mass is 10.2. The van der Waals surface area contributed by atoms with Crippen molar-refractivity contribution in [1.82, 2.24) is 10.3 Å². The van der Waals surface area contributed by atoms with Crippen LogP contribution in [0.2, 0.25) is 0 Å². The Kier molecular flexibility index (Phi) is 7.13. The number of carbonyl (C=O) groups excluding carboxylic acids is 2. The quantitative estimate of drug-likeness (QED) is 0.445. The Morgan fingerprint density at radius 1 is 1.06 bits per heavy atom. The van der Waals surface area contributed by atoms with Gasteiger partial charge in [-0.15, -0.1) is 0 Å². The van der Waals surface area contributed by atoms with Gasteiger partial charge in [-0.3, -0.25) is 4.79 Å². The molecule has 1 aromatic heterocycles. The van der Waals surface area contributed by atoms with Crippen LogP contribution in [0.4, 0.5) is 10.5 Å². The van der Waals surface area contributed by atoms with Crippen molar-refractivity contribution in [2.45, 2.75) is 11.8 Å². The Labute approximate surface area is 190 Å². The highest BCUT2D eigenvalue weighted by molar-refractivity contribution is 7.91. The second-order valence-electron chi connectivity index (χ2n) is 6.64. The number of aromatic hydroxyl groups is 1. The average molecular weight is 471 g/mol. The zero-order valence-electron chi connectivity index (χ0n) is 17.7. The van der Waals surface area contributed by atoms with Gasteiger partial charge in [0.2, 0.25) is 5.88 Å². The molecule has 0 bridgehead atoms. The number of amides is 2. The van der Waals surface area contributed by atoms with Crippen LogP contribution in [0.1, 0.15) is 17.3 Å². The maximum atomic E-state index is 12.7. The molecule has 3 aromatic rings. The van der Waals surface area contributed by atoms with Gasteiger partial charge in [0.05, 0.1) is 16.3 Å². The fraction of sp³-hybridized carbons (Fsp3) is 0.136. The number of benzene rings is 2. The van der Waals surface area contributed by atoms with E-state index in [1.54, 1.807) is 18.2 Å². The van der Waals surface area contributed by atoms with Crippen LogP contribution in [0.15, 0.2) is 65.7 Å². The maximum Gasteiger partial charge on any atom is 0.413 e. The molecule has 2 amide bonds. The van der Waals surface area contributed by atoms with Gasteiger partial charge in [-0.2, -0.15) is 0 Å². The predicted molar refractivity (Wildman–Crippen MR) is 120 cm³/mol. The minimum Gasteiger partial charge on any atom is -0.506 e. The smallest absolute Gasteiger partial charge is 0.413 e. The lowest BCUT2D eigenvalue weighted by Gasteiger charge is -2.11. The lowest BCUT2D eigenvalue weighted by Crippen LogP contribution is -2.22. The highest BCUT2D eigenvalue weighted by Crippen LogP contribution is 2.29. The predicted octanol–water partition coefficient (Wildman–Crippen LogP) is 3.34. The van der Waals surface area contributed by atoms with Gasteiger partial charge in [0.15, 0.2) is 9.84 Å². The van der Waals surface area contributed by atoms with E-state index in [-0.39, 0.29) is 33.5 Å². The summed E-state index contributed by atoms with van der Waals surface area (Å²) >= 11 is 0. The summed E-state index contributed by atoms with van der Waals surface area (Å²) in [7, 11) is -2.10. The van der Waals surface area contributed by atoms with E-state index >= 15 is 0 Å². The molecule has 0 fully saturated rings. The van der Waals surface area contributed by atoms with Gasteiger partial charge >= 0.3 is 6.09 Å². The molecule has 2 aromatic carbocycles. The zero-order chi connectivity index (χ0) is 24.0. The summed E-state index contributed by atoms with van der Waals surface area (Å²) in [4.78, 5) is 27.9. The molecule has 33 heavy (non-hydrogen) atoms. The van der Waals surface area contributed by atoms with Crippen LogP contribution in [0.3, 0.4) is 0 Å². The molecule has 0 saturated carbocycles. The molecule has 0 aliphatic rings. The van der Waals surface area contributed by atoms with Crippen molar-refractivity contribution in [3.05, 3.63) is 66.4 Å². The molecule has 1 heterocycles. The van der Waals surface area contributed by atoms with E-state index in [1.165, 1.54) is 56.6 Å². The lowest BCUT2D eigenvalue weighted by molar-refractivity contribution is 0.102. The molecule has 0 atom stereocenters. The van der Waals surface area contributed by atoms with E-state index in [9.17, 15) is 23.1 Å². The van der Waals surface area contributed by atoms with Gasteiger partial charge < -0.3 is 25.2 Å². The number of hydrogen-bond acceptors (Lipinski definition) is 8. The highest BCUT2D eigenvalue weighted by Gasteiger charge is 2.16. The number of aromatic nitrogens is 1. The minimum absolute atomic E-state index is 0.0114. The number of phenols is 1. The van der Waals surface area contributed by atoms with Crippen molar-refractivity contribution in [3.8, 4) is 23.1 Å². The number of ether oxygens (including phenoxy) is 2. The summed E-state index contributed by atoms with van der Waals surface area (Å²) in [6.07, 6.45) is 0.710. The molecule has 172 valence electrons. The first-order chi connectivity index (χ1) is 15.7. The van der Waals surface area contributed by atoms with Gasteiger partial charge in [0, 0.05) is 24.9 Å². The van der Waals surface area contributed by atoms with E-state index in [2.05, 4.69) is 15.6 Å². The van der Waals surface area contributed by atoms with Gasteiger partial charge in [-0.05, 0) is 42.5 Å². The van der Waals surface area contributed by atoms with Gasteiger partial charge in [0.25, 0.3) is 5.91 Å². The number of pyridine rings is 1. The third kappa shape index (κ3) is 5.98. The number of hydrogen-bond donors (Lipinski definition) is 3. The van der Waals surface area contributed by atoms with Gasteiger partial charge in [-0.1, -0.05) is 13.0 Å². The SMILES string of the molecule is CCS(=O)(=O)c1ccc(O)c(NC(=O)c2cccc(Oc3ccnc(OC(=O)NC)c3)c2)c1. The third-order valence-corrected chi connectivity index (χ3v) is 6.13. The Bertz CT molecular complexity index is 1290. The van der Waals surface area contributed by atoms with Gasteiger partial charge in [-0.25, -0.2) is 18.2 Å². The minimum atomic E-state index is -3.51. The number of nitrogens with zero attached hydrogens (tertiary/aromatic N) is 1. The maximum absolute atomic E-state index is 12.7. The molecule has 0 unspecified atom stereocenters. The molecule has 3 rings (SSSR count). The first-order valence-electron chi connectivity index (χ1n) is 9.72. The van der Waals surface area contributed by atoms with Crippen molar-refractivity contribution in [3.63, 3.8) is 0 Å². The molecular formula is C22H21N3O7S.